The first kappa shape index (κ1) is 23.4. The number of urea groups is 1. The molecule has 9 heteroatoms. The first-order valence-electron chi connectivity index (χ1n) is 13.3. The van der Waals surface area contributed by atoms with Gasteiger partial charge in [0.1, 0.15) is 5.52 Å². The van der Waals surface area contributed by atoms with Gasteiger partial charge in [-0.05, 0) is 53.9 Å². The Morgan fingerprint density at radius 2 is 2.16 bits per heavy atom. The molecule has 7 rings (SSSR count). The molecule has 38 heavy (non-hydrogen) atoms. The summed E-state index contributed by atoms with van der Waals surface area (Å²) in [7, 11) is 0. The number of oxazole rings is 1. The molecule has 0 radical (unpaired) electrons. The molecular formula is C29H30N6O2S. The van der Waals surface area contributed by atoms with Crippen molar-refractivity contribution in [3.63, 3.8) is 0 Å². The predicted molar refractivity (Wildman–Crippen MR) is 149 cm³/mol. The van der Waals surface area contributed by atoms with Crippen molar-refractivity contribution in [1.29, 1.82) is 0 Å². The maximum absolute atomic E-state index is 13.4. The molecule has 5 aromatic rings. The molecule has 1 atom stereocenters. The van der Waals surface area contributed by atoms with E-state index >= 15 is 0 Å². The Balaban J connectivity index is 1.02. The third-order valence-corrected chi connectivity index (χ3v) is 8.79. The van der Waals surface area contributed by atoms with Crippen LogP contribution in [0.1, 0.15) is 35.6 Å². The van der Waals surface area contributed by atoms with Crippen molar-refractivity contribution in [3.05, 3.63) is 70.6 Å². The van der Waals surface area contributed by atoms with Gasteiger partial charge in [0.25, 0.3) is 0 Å². The first-order chi connectivity index (χ1) is 18.6. The van der Waals surface area contributed by atoms with E-state index in [9.17, 15) is 4.79 Å². The van der Waals surface area contributed by atoms with Crippen LogP contribution in [0.2, 0.25) is 0 Å². The lowest BCUT2D eigenvalue weighted by atomic mass is 10.0. The molecule has 8 nitrogen and oxygen atoms in total. The summed E-state index contributed by atoms with van der Waals surface area (Å²) in [6.07, 6.45) is 2.87. The van der Waals surface area contributed by atoms with Crippen molar-refractivity contribution in [3.8, 4) is 11.3 Å². The van der Waals surface area contributed by atoms with E-state index in [-0.39, 0.29) is 12.1 Å². The predicted octanol–water partition coefficient (Wildman–Crippen LogP) is 5.47. The zero-order valence-corrected chi connectivity index (χ0v) is 22.2. The maximum atomic E-state index is 13.4. The number of hydrogen-bond donors (Lipinski definition) is 2. The van der Waals surface area contributed by atoms with Gasteiger partial charge < -0.3 is 14.6 Å². The average molecular weight is 527 g/mol. The minimum atomic E-state index is 0.0111. The summed E-state index contributed by atoms with van der Waals surface area (Å²) in [5.74, 6) is 0.647. The summed E-state index contributed by atoms with van der Waals surface area (Å²) < 4.78 is 7.07. The molecule has 1 unspecified atom stereocenters. The third-order valence-electron chi connectivity index (χ3n) is 7.78. The number of likely N-dealkylation sites (tertiary alicyclic amines) is 1. The minimum Gasteiger partial charge on any atom is -0.441 e. The van der Waals surface area contributed by atoms with Crippen LogP contribution in [0.5, 0.6) is 0 Å². The van der Waals surface area contributed by atoms with Gasteiger partial charge in [0.2, 0.25) is 0 Å². The zero-order chi connectivity index (χ0) is 25.6. The summed E-state index contributed by atoms with van der Waals surface area (Å²) in [6, 6.07) is 14.7. The number of nitrogens with one attached hydrogen (secondary N) is 2. The molecule has 2 aliphatic rings. The summed E-state index contributed by atoms with van der Waals surface area (Å²) in [4.78, 5) is 22.2. The Kier molecular flexibility index (Phi) is 5.89. The molecule has 2 N–H and O–H groups in total. The van der Waals surface area contributed by atoms with E-state index in [0.717, 1.165) is 72.5 Å². The van der Waals surface area contributed by atoms with Gasteiger partial charge in [-0.3, -0.25) is 10.00 Å². The van der Waals surface area contributed by atoms with Crippen molar-refractivity contribution in [2.45, 2.75) is 45.3 Å². The van der Waals surface area contributed by atoms with E-state index < -0.39 is 0 Å². The number of fused-ring (bicyclic) bond motifs is 3. The Bertz CT molecular complexity index is 1630. The molecule has 2 aliphatic heterocycles. The number of aromatic amines is 1. The molecule has 1 fully saturated rings. The number of amides is 2. The molecule has 0 spiro atoms. The quantitative estimate of drug-likeness (QED) is 0.324. The molecular weight excluding hydrogens is 496 g/mol. The molecule has 0 saturated carbocycles. The summed E-state index contributed by atoms with van der Waals surface area (Å²) in [5.41, 5.74) is 7.00. The van der Waals surface area contributed by atoms with E-state index in [1.54, 1.807) is 0 Å². The summed E-state index contributed by atoms with van der Waals surface area (Å²) in [5, 5.41) is 14.8. The Morgan fingerprint density at radius 3 is 3.11 bits per heavy atom. The fraction of sp³-hybridized carbons (Fsp3) is 0.345. The van der Waals surface area contributed by atoms with E-state index in [1.807, 2.05) is 41.4 Å². The van der Waals surface area contributed by atoms with Crippen molar-refractivity contribution >= 4 is 38.6 Å². The van der Waals surface area contributed by atoms with E-state index in [1.165, 1.54) is 15.6 Å². The van der Waals surface area contributed by atoms with Crippen LogP contribution in [-0.4, -0.2) is 56.7 Å². The number of H-pyrrole nitrogens is 1. The first-order valence-corrected chi connectivity index (χ1v) is 14.2. The molecule has 5 heterocycles. The van der Waals surface area contributed by atoms with Crippen LogP contribution < -0.4 is 5.32 Å². The van der Waals surface area contributed by atoms with Crippen LogP contribution >= 0.6 is 11.3 Å². The highest BCUT2D eigenvalue weighted by Crippen LogP contribution is 2.31. The lowest BCUT2D eigenvalue weighted by Crippen LogP contribution is -2.52. The Labute approximate surface area is 224 Å². The third kappa shape index (κ3) is 4.35. The van der Waals surface area contributed by atoms with Crippen molar-refractivity contribution in [2.24, 2.45) is 0 Å². The van der Waals surface area contributed by atoms with Crippen LogP contribution in [0.25, 0.3) is 32.4 Å². The number of benzene rings is 2. The maximum Gasteiger partial charge on any atom is 0.317 e. The monoisotopic (exact) mass is 526 g/mol. The number of carbonyl (C=O) groups is 1. The topological polar surface area (TPSA) is 90.3 Å². The smallest absolute Gasteiger partial charge is 0.317 e. The molecule has 2 amide bonds. The van der Waals surface area contributed by atoms with Gasteiger partial charge in [0, 0.05) is 60.5 Å². The average Bonchev–Trinajstić information content (AvgIpc) is 3.64. The Hall–Kier alpha value is -3.69. The van der Waals surface area contributed by atoms with E-state index in [2.05, 4.69) is 55.0 Å². The lowest BCUT2D eigenvalue weighted by molar-refractivity contribution is 0.160. The van der Waals surface area contributed by atoms with Crippen LogP contribution in [0, 0.1) is 6.92 Å². The second-order valence-electron chi connectivity index (χ2n) is 10.4. The van der Waals surface area contributed by atoms with Gasteiger partial charge in [-0.2, -0.15) is 5.10 Å². The molecule has 0 bridgehead atoms. The number of piperidine rings is 1. The highest BCUT2D eigenvalue weighted by molar-refractivity contribution is 7.17. The van der Waals surface area contributed by atoms with Crippen LogP contribution in [-0.2, 0) is 19.5 Å². The number of thiophene rings is 1. The molecule has 1 saturated heterocycles. The molecule has 194 valence electrons. The van der Waals surface area contributed by atoms with Gasteiger partial charge in [0.15, 0.2) is 11.5 Å². The van der Waals surface area contributed by atoms with Crippen LogP contribution in [0.15, 0.2) is 52.3 Å². The number of carbonyl (C=O) groups excluding carboxylic acids is 1. The molecule has 3 aromatic heterocycles. The fourth-order valence-electron chi connectivity index (χ4n) is 5.87. The largest absolute Gasteiger partial charge is 0.441 e. The van der Waals surface area contributed by atoms with Gasteiger partial charge >= 0.3 is 6.03 Å². The number of nitrogens with zero attached hydrogens (tertiary/aromatic N) is 4. The van der Waals surface area contributed by atoms with Crippen molar-refractivity contribution < 1.29 is 9.21 Å². The van der Waals surface area contributed by atoms with Gasteiger partial charge in [-0.15, -0.1) is 11.3 Å². The SMILES string of the molecule is Cc1nc2ccc(-c3n[nH]c4c3CN(C(=O)NC3CCCN(Cc5csc6ccccc56)C3)CC4)cc2o1. The number of rotatable bonds is 4. The second kappa shape index (κ2) is 9.56. The van der Waals surface area contributed by atoms with E-state index in [4.69, 9.17) is 4.42 Å². The Morgan fingerprint density at radius 1 is 1.24 bits per heavy atom. The number of hydrogen-bond acceptors (Lipinski definition) is 6. The van der Waals surface area contributed by atoms with Gasteiger partial charge in [0.05, 0.1) is 12.2 Å². The van der Waals surface area contributed by atoms with Gasteiger partial charge in [-0.25, -0.2) is 9.78 Å². The second-order valence-corrected chi connectivity index (χ2v) is 11.3. The number of aromatic nitrogens is 3. The fourth-order valence-corrected chi connectivity index (χ4v) is 6.83. The molecule has 2 aromatic carbocycles. The normalized spacial score (nSPS) is 18.2. The molecule has 0 aliphatic carbocycles. The summed E-state index contributed by atoms with van der Waals surface area (Å²) in [6.45, 7) is 5.94. The standard InChI is InChI=1S/C29H30N6O2S/c1-18-30-25-9-8-19(13-26(25)37-18)28-23-16-35(12-10-24(23)32-33-28)29(36)31-21-5-4-11-34(15-21)14-20-17-38-27-7-3-2-6-22(20)27/h2-3,6-9,13,17,21H,4-5,10-12,14-16H2,1H3,(H,31,36)(H,32,33). The number of aryl methyl sites for hydroxylation is 1. The van der Waals surface area contributed by atoms with Crippen LogP contribution in [0.3, 0.4) is 0 Å². The van der Waals surface area contributed by atoms with Crippen LogP contribution in [0.4, 0.5) is 4.79 Å². The van der Waals surface area contributed by atoms with Crippen molar-refractivity contribution in [2.75, 3.05) is 19.6 Å². The lowest BCUT2D eigenvalue weighted by Gasteiger charge is -2.35. The zero-order valence-electron chi connectivity index (χ0n) is 21.4. The minimum absolute atomic E-state index is 0.0111. The summed E-state index contributed by atoms with van der Waals surface area (Å²) >= 11 is 1.81. The highest BCUT2D eigenvalue weighted by Gasteiger charge is 2.29. The highest BCUT2D eigenvalue weighted by atomic mass is 32.1. The van der Waals surface area contributed by atoms with Crippen molar-refractivity contribution in [1.82, 2.24) is 30.3 Å². The van der Waals surface area contributed by atoms with Gasteiger partial charge in [-0.1, -0.05) is 24.3 Å². The van der Waals surface area contributed by atoms with E-state index in [0.29, 0.717) is 19.0 Å².